The number of nitrogens with zero attached hydrogens (tertiary/aromatic N) is 3. The minimum absolute atomic E-state index is 0.0160. The lowest BCUT2D eigenvalue weighted by atomic mass is 10.1. The first-order valence-electron chi connectivity index (χ1n) is 7.34. The second kappa shape index (κ2) is 6.07. The van der Waals surface area contributed by atoms with Crippen LogP contribution in [0.5, 0.6) is 0 Å². The molecule has 0 aliphatic heterocycles. The monoisotopic (exact) mass is 294 g/mol. The molecule has 0 radical (unpaired) electrons. The zero-order valence-electron chi connectivity index (χ0n) is 12.5. The number of fused-ring (bicyclic) bond motifs is 1. The van der Waals surface area contributed by atoms with Crippen LogP contribution in [0, 0.1) is 0 Å². The van der Waals surface area contributed by atoms with Gasteiger partial charge in [0.15, 0.2) is 0 Å². The third-order valence-electron chi connectivity index (χ3n) is 3.52. The normalized spacial score (nSPS) is 11.0. The van der Waals surface area contributed by atoms with Crippen molar-refractivity contribution >= 4 is 17.0 Å². The number of nitrogens with two attached hydrogens (primary N) is 1. The van der Waals surface area contributed by atoms with Crippen LogP contribution in [0.4, 0.5) is 5.95 Å². The van der Waals surface area contributed by atoms with E-state index in [-0.39, 0.29) is 12.6 Å². The van der Waals surface area contributed by atoms with Gasteiger partial charge in [0, 0.05) is 5.56 Å². The van der Waals surface area contributed by atoms with Crippen molar-refractivity contribution < 1.29 is 5.11 Å². The first-order valence-corrected chi connectivity index (χ1v) is 7.34. The van der Waals surface area contributed by atoms with E-state index in [0.717, 1.165) is 46.4 Å². The number of nitrogen functional groups attached to an aromatic ring is 1. The number of anilines is 1. The highest BCUT2D eigenvalue weighted by Crippen LogP contribution is 2.23. The van der Waals surface area contributed by atoms with Gasteiger partial charge in [-0.15, -0.1) is 0 Å². The lowest BCUT2D eigenvalue weighted by molar-refractivity contribution is 0.282. The molecule has 5 heteroatoms. The molecule has 0 aliphatic rings. The number of benzene rings is 1. The average Bonchev–Trinajstić information content (AvgIpc) is 2.55. The number of aryl methyl sites for hydroxylation is 1. The molecule has 2 heterocycles. The minimum Gasteiger partial charge on any atom is -0.392 e. The van der Waals surface area contributed by atoms with Gasteiger partial charge in [0.25, 0.3) is 0 Å². The predicted octanol–water partition coefficient (Wildman–Crippen LogP) is 2.72. The number of hydrogen-bond acceptors (Lipinski definition) is 5. The van der Waals surface area contributed by atoms with Crippen molar-refractivity contribution in [2.24, 2.45) is 0 Å². The summed E-state index contributed by atoms with van der Waals surface area (Å²) in [7, 11) is 0. The lowest BCUT2D eigenvalue weighted by Gasteiger charge is -2.08. The van der Waals surface area contributed by atoms with Gasteiger partial charge in [-0.2, -0.15) is 0 Å². The first kappa shape index (κ1) is 14.4. The van der Waals surface area contributed by atoms with E-state index in [9.17, 15) is 5.11 Å². The van der Waals surface area contributed by atoms with E-state index < -0.39 is 0 Å². The molecule has 22 heavy (non-hydrogen) atoms. The lowest BCUT2D eigenvalue weighted by Crippen LogP contribution is -2.02. The largest absolute Gasteiger partial charge is 0.392 e. The summed E-state index contributed by atoms with van der Waals surface area (Å²) in [6, 6.07) is 11.5. The Morgan fingerprint density at radius 2 is 1.95 bits per heavy atom. The molecule has 0 amide bonds. The molecule has 0 saturated carbocycles. The third kappa shape index (κ3) is 2.76. The van der Waals surface area contributed by atoms with Crippen LogP contribution in [0.1, 0.15) is 24.6 Å². The molecule has 3 rings (SSSR count). The summed E-state index contributed by atoms with van der Waals surface area (Å²) in [5.74, 6) is 0.285. The zero-order chi connectivity index (χ0) is 15.5. The Hall–Kier alpha value is -2.53. The van der Waals surface area contributed by atoms with Gasteiger partial charge in [0.2, 0.25) is 5.95 Å². The van der Waals surface area contributed by atoms with Crippen LogP contribution >= 0.6 is 0 Å². The Labute approximate surface area is 128 Å². The minimum atomic E-state index is 0.0160. The molecule has 5 nitrogen and oxygen atoms in total. The van der Waals surface area contributed by atoms with Crippen molar-refractivity contribution in [3.8, 4) is 11.3 Å². The topological polar surface area (TPSA) is 84.9 Å². The Bertz CT molecular complexity index is 817. The fraction of sp³-hybridized carbons (Fsp3) is 0.235. The molecule has 0 bridgehead atoms. The van der Waals surface area contributed by atoms with Crippen LogP contribution in [0.15, 0.2) is 36.4 Å². The summed E-state index contributed by atoms with van der Waals surface area (Å²) in [5.41, 5.74) is 10.9. The van der Waals surface area contributed by atoms with Gasteiger partial charge in [-0.3, -0.25) is 0 Å². The van der Waals surface area contributed by atoms with Crippen LogP contribution in [0.25, 0.3) is 22.3 Å². The van der Waals surface area contributed by atoms with Gasteiger partial charge in [-0.25, -0.2) is 15.0 Å². The number of hydrogen-bond donors (Lipinski definition) is 2. The average molecular weight is 294 g/mol. The van der Waals surface area contributed by atoms with Crippen LogP contribution in [-0.2, 0) is 13.0 Å². The quantitative estimate of drug-likeness (QED) is 0.772. The van der Waals surface area contributed by atoms with E-state index in [4.69, 9.17) is 10.7 Å². The van der Waals surface area contributed by atoms with Crippen molar-refractivity contribution in [3.05, 3.63) is 47.7 Å². The Balaban J connectivity index is 2.15. The summed E-state index contributed by atoms with van der Waals surface area (Å²) in [6.07, 6.45) is 1.79. The smallest absolute Gasteiger partial charge is 0.220 e. The van der Waals surface area contributed by atoms with Crippen molar-refractivity contribution in [1.29, 1.82) is 0 Å². The number of aromatic nitrogens is 3. The van der Waals surface area contributed by atoms with Gasteiger partial charge in [0.1, 0.15) is 5.52 Å². The molecule has 0 fully saturated rings. The molecule has 0 atom stereocenters. The third-order valence-corrected chi connectivity index (χ3v) is 3.52. The van der Waals surface area contributed by atoms with Gasteiger partial charge in [0.05, 0.1) is 23.5 Å². The number of rotatable bonds is 4. The van der Waals surface area contributed by atoms with Gasteiger partial charge in [-0.05, 0) is 30.2 Å². The van der Waals surface area contributed by atoms with Crippen LogP contribution < -0.4 is 5.73 Å². The van der Waals surface area contributed by atoms with Crippen molar-refractivity contribution in [2.75, 3.05) is 5.73 Å². The second-order valence-corrected chi connectivity index (χ2v) is 5.20. The molecule has 112 valence electrons. The van der Waals surface area contributed by atoms with Gasteiger partial charge < -0.3 is 10.8 Å². The highest BCUT2D eigenvalue weighted by molar-refractivity contribution is 5.81. The fourth-order valence-electron chi connectivity index (χ4n) is 2.49. The molecule has 0 saturated heterocycles. The maximum atomic E-state index is 9.27. The van der Waals surface area contributed by atoms with Crippen molar-refractivity contribution in [3.63, 3.8) is 0 Å². The Morgan fingerprint density at radius 1 is 1.09 bits per heavy atom. The highest BCUT2D eigenvalue weighted by Gasteiger charge is 2.09. The highest BCUT2D eigenvalue weighted by atomic mass is 16.3. The van der Waals surface area contributed by atoms with Crippen LogP contribution in [-0.4, -0.2) is 20.1 Å². The van der Waals surface area contributed by atoms with E-state index in [1.807, 2.05) is 36.4 Å². The molecule has 0 aliphatic carbocycles. The molecule has 1 aromatic carbocycles. The number of pyridine rings is 1. The molecule has 3 N–H and O–H groups in total. The van der Waals surface area contributed by atoms with E-state index >= 15 is 0 Å². The zero-order valence-corrected chi connectivity index (χ0v) is 12.5. The molecular formula is C17H18N4O. The molecular weight excluding hydrogens is 276 g/mol. The van der Waals surface area contributed by atoms with Crippen LogP contribution in [0.3, 0.4) is 0 Å². The first-order chi connectivity index (χ1) is 10.7. The van der Waals surface area contributed by atoms with Crippen molar-refractivity contribution in [2.45, 2.75) is 26.4 Å². The number of aliphatic hydroxyl groups is 1. The van der Waals surface area contributed by atoms with E-state index in [1.165, 1.54) is 0 Å². The maximum absolute atomic E-state index is 9.27. The summed E-state index contributed by atoms with van der Waals surface area (Å²) in [4.78, 5) is 13.3. The molecule has 2 aromatic heterocycles. The van der Waals surface area contributed by atoms with Crippen LogP contribution in [0.2, 0.25) is 0 Å². The summed E-state index contributed by atoms with van der Waals surface area (Å²) >= 11 is 0. The predicted molar refractivity (Wildman–Crippen MR) is 87.1 cm³/mol. The molecule has 3 aromatic rings. The maximum Gasteiger partial charge on any atom is 0.220 e. The van der Waals surface area contributed by atoms with Crippen molar-refractivity contribution in [1.82, 2.24) is 15.0 Å². The van der Waals surface area contributed by atoms with Gasteiger partial charge >= 0.3 is 0 Å². The molecule has 0 unspecified atom stereocenters. The Morgan fingerprint density at radius 3 is 2.73 bits per heavy atom. The summed E-state index contributed by atoms with van der Waals surface area (Å²) < 4.78 is 0. The standard InChI is InChI=1S/C17H18N4O/c1-2-4-14-16-15(21-17(18)20-14)8-7-13(19-16)12-6-3-5-11(9-12)10-22/h3,5-9,22H,2,4,10H2,1H3,(H2,18,20,21). The van der Waals surface area contributed by atoms with E-state index in [2.05, 4.69) is 16.9 Å². The van der Waals surface area contributed by atoms with E-state index in [0.29, 0.717) is 0 Å². The summed E-state index contributed by atoms with van der Waals surface area (Å²) in [5, 5.41) is 9.27. The SMILES string of the molecule is CCCc1nc(N)nc2ccc(-c3cccc(CO)c3)nc12. The fourth-order valence-corrected chi connectivity index (χ4v) is 2.49. The molecule has 0 spiro atoms. The summed E-state index contributed by atoms with van der Waals surface area (Å²) in [6.45, 7) is 2.11. The Kier molecular flexibility index (Phi) is 3.98. The second-order valence-electron chi connectivity index (χ2n) is 5.20. The number of aliphatic hydroxyl groups excluding tert-OH is 1. The van der Waals surface area contributed by atoms with Gasteiger partial charge in [-0.1, -0.05) is 31.5 Å². The van der Waals surface area contributed by atoms with E-state index in [1.54, 1.807) is 0 Å².